The van der Waals surface area contributed by atoms with Gasteiger partial charge in [-0.05, 0) is 214 Å². The summed E-state index contributed by atoms with van der Waals surface area (Å²) in [6.45, 7) is 9.10. The van der Waals surface area contributed by atoms with Gasteiger partial charge in [0.15, 0.2) is 11.6 Å². The van der Waals surface area contributed by atoms with E-state index in [0.29, 0.717) is 16.7 Å². The van der Waals surface area contributed by atoms with Crippen molar-refractivity contribution < 1.29 is 9.59 Å². The molecular formula is C126H93N9O2. The van der Waals surface area contributed by atoms with Crippen molar-refractivity contribution in [2.24, 2.45) is 11.8 Å². The molecule has 1 fully saturated rings. The Kier molecular flexibility index (Phi) is 23.9. The SMILES string of the molecule is C1=Cc2nc1c(-c1ccccc1)c1ccc([nH]1)c(-c1ccccc1)c1nc(c(-c3ccccc3)c3ccc([nH]3)c2-c2ccccc2)C=C1.O=C1C2=CC3Nc4ccccc4C(=O)C3C=C2NC2C=CC=CC12.[C-]#[N+]/C(C#N)=C1\C=C(C)CC(/C=C/c2ccc(N(C)C)cc2)=C1.c1ccc(-c2c3ccccc3c(-c3ccccc3)c3c(-c4ccccc4)c4ccccc4c(-c4ccccc4)c23)cc1. The van der Waals surface area contributed by atoms with Crippen LogP contribution in [0, 0.1) is 29.7 Å². The van der Waals surface area contributed by atoms with Crippen LogP contribution in [0.1, 0.15) is 52.0 Å². The Morgan fingerprint density at radius 2 is 0.759 bits per heavy atom. The van der Waals surface area contributed by atoms with E-state index in [0.717, 1.165) is 124 Å². The van der Waals surface area contributed by atoms with Gasteiger partial charge in [0.05, 0.1) is 59.3 Å². The van der Waals surface area contributed by atoms with E-state index in [-0.39, 0.29) is 41.2 Å². The molecule has 11 nitrogen and oxygen atoms in total. The molecule has 3 aromatic heterocycles. The van der Waals surface area contributed by atoms with E-state index in [9.17, 15) is 9.59 Å². The monoisotopic (exact) mass is 1760 g/mol. The lowest BCUT2D eigenvalue weighted by Gasteiger charge is -2.39. The lowest BCUT2D eigenvalue weighted by molar-refractivity contribution is -0.118. The van der Waals surface area contributed by atoms with Crippen molar-refractivity contribution in [3.8, 4) is 95.1 Å². The number of fused-ring (bicyclic) bond motifs is 15. The summed E-state index contributed by atoms with van der Waals surface area (Å²) in [6, 6.07) is 130. The molecule has 4 unspecified atom stereocenters. The highest BCUT2D eigenvalue weighted by molar-refractivity contribution is 6.34. The summed E-state index contributed by atoms with van der Waals surface area (Å²) in [5.74, 6) is -0.218. The number of hydrogen-bond acceptors (Lipinski definition) is 8. The van der Waals surface area contributed by atoms with Crippen LogP contribution in [0.25, 0.3) is 179 Å². The molecule has 137 heavy (non-hydrogen) atoms. The van der Waals surface area contributed by atoms with Crippen molar-refractivity contribution in [2.75, 3.05) is 24.3 Å². The van der Waals surface area contributed by atoms with Crippen LogP contribution in [-0.4, -0.2) is 57.7 Å². The molecule has 7 heterocycles. The summed E-state index contributed by atoms with van der Waals surface area (Å²) in [5, 5.41) is 23.5. The Balaban J connectivity index is 0.000000114. The van der Waals surface area contributed by atoms with E-state index in [1.165, 1.54) is 82.5 Å². The number of nitriles is 1. The third kappa shape index (κ3) is 17.1. The molecule has 14 aromatic carbocycles. The van der Waals surface area contributed by atoms with Gasteiger partial charge in [0.2, 0.25) is 0 Å². The van der Waals surface area contributed by atoms with Crippen LogP contribution in [-0.2, 0) is 4.79 Å². The zero-order valence-electron chi connectivity index (χ0n) is 75.8. The predicted octanol–water partition coefficient (Wildman–Crippen LogP) is 30.3. The number of hydrogen-bond donors (Lipinski definition) is 4. The minimum absolute atomic E-state index is 0.0265. The van der Waals surface area contributed by atoms with Gasteiger partial charge in [-0.2, -0.15) is 0 Å². The molecule has 8 bridgehead atoms. The number of carbonyl (C=O) groups is 2. The van der Waals surface area contributed by atoms with E-state index in [2.05, 4.69) is 382 Å². The zero-order chi connectivity index (χ0) is 92.8. The summed E-state index contributed by atoms with van der Waals surface area (Å²) < 4.78 is 0. The second kappa shape index (κ2) is 38.1. The minimum Gasteiger partial charge on any atom is -0.378 e. The Labute approximate surface area is 796 Å². The van der Waals surface area contributed by atoms with Gasteiger partial charge in [-0.25, -0.2) is 20.1 Å². The van der Waals surface area contributed by atoms with Crippen LogP contribution in [0.2, 0.25) is 0 Å². The number of para-hydroxylation sites is 1. The molecule has 0 saturated carbocycles. The third-order valence-corrected chi connectivity index (χ3v) is 26.3. The molecule has 0 amide bonds. The van der Waals surface area contributed by atoms with E-state index >= 15 is 0 Å². The van der Waals surface area contributed by atoms with Crippen LogP contribution in [0.5, 0.6) is 0 Å². The summed E-state index contributed by atoms with van der Waals surface area (Å²) >= 11 is 0. The lowest BCUT2D eigenvalue weighted by Crippen LogP contribution is -2.49. The molecule has 24 rings (SSSR count). The number of nitrogens with zero attached hydrogens (tertiary/aromatic N) is 5. The first-order chi connectivity index (χ1) is 67.4. The standard InChI is InChI=1S/C44H30N4.C42H28.C20H19N3.C20H16N2O2/c1-5-13-29(14-6-1)41-33-21-23-35(45-33)42(30-15-7-2-8-16-30)37-25-27-39(47-37)44(32-19-11-4-12-20-32)40-28-26-38(48-40)43(31-17-9-3-10-18-31)36-24-22-34(41)46-36;1-5-17-29(18-6-1)37-33-25-13-14-26-34(33)39(31-21-9-3-10-22-31)42-40(32-23-11-4-12-24-32)36-28-16-15-27-35(36)38(41(37)42)30-19-7-2-8-20-30;1-15-11-17(13-18(12-15)20(14-21)22-2)6-5-16-7-9-19(10-8-16)23(3)4;23-19-11-5-1-3-7-15(11)21-17-10-14-18(9-13(17)19)22-16-8-4-2-6-12(16)20(14)24/h1-28,45,48H;1-28H;5-10,12-13H,11H2,1,3-4H3;1-11,14-15,18,21-22H/b;;6-5+,20-18+;. The molecule has 4 atom stereocenters. The molecule has 4 aliphatic heterocycles. The maximum atomic E-state index is 12.8. The van der Waals surface area contributed by atoms with Gasteiger partial charge in [0.25, 0.3) is 5.70 Å². The molecule has 1 saturated heterocycles. The number of carbonyl (C=O) groups excluding carboxylic acids is 2. The van der Waals surface area contributed by atoms with Crippen molar-refractivity contribution in [1.29, 1.82) is 5.26 Å². The lowest BCUT2D eigenvalue weighted by atomic mass is 9.75. The highest BCUT2D eigenvalue weighted by Crippen LogP contribution is 2.54. The molecule has 17 aromatic rings. The molecule has 7 aliphatic rings. The van der Waals surface area contributed by atoms with Crippen LogP contribution < -0.4 is 15.5 Å². The van der Waals surface area contributed by atoms with E-state index in [1.54, 1.807) is 0 Å². The fraction of sp³-hybridized carbons (Fsp3) is 0.0635. The van der Waals surface area contributed by atoms with Crippen molar-refractivity contribution in [2.45, 2.75) is 25.4 Å². The Morgan fingerprint density at radius 1 is 0.394 bits per heavy atom. The molecule has 4 N–H and O–H groups in total. The molecule has 0 spiro atoms. The Bertz CT molecular complexity index is 7550. The van der Waals surface area contributed by atoms with Crippen molar-refractivity contribution in [3.05, 3.63) is 498 Å². The second-order valence-electron chi connectivity index (χ2n) is 35.1. The molecule has 11 heteroatoms. The van der Waals surface area contributed by atoms with E-state index in [1.807, 2.05) is 124 Å². The van der Waals surface area contributed by atoms with Gasteiger partial charge < -0.3 is 25.5 Å². The average Bonchev–Trinajstić information content (AvgIpc) is 1.11. The number of aromatic amines is 2. The maximum Gasteiger partial charge on any atom is 0.268 e. The number of rotatable bonds is 11. The highest BCUT2D eigenvalue weighted by Gasteiger charge is 2.43. The molecule has 0 radical (unpaired) electrons. The number of nitrogens with one attached hydrogen (secondary N) is 4. The normalized spacial score (nSPS) is 16.1. The predicted molar refractivity (Wildman–Crippen MR) is 568 cm³/mol. The van der Waals surface area contributed by atoms with Gasteiger partial charge in [-0.15, -0.1) is 0 Å². The summed E-state index contributed by atoms with van der Waals surface area (Å²) in [7, 11) is 4.04. The van der Waals surface area contributed by atoms with Gasteiger partial charge in [-0.1, -0.05) is 370 Å². The van der Waals surface area contributed by atoms with E-state index < -0.39 is 0 Å². The number of H-pyrrole nitrogens is 2. The first-order valence-corrected chi connectivity index (χ1v) is 46.3. The van der Waals surface area contributed by atoms with Gasteiger partial charge >= 0.3 is 0 Å². The van der Waals surface area contributed by atoms with Crippen LogP contribution in [0.15, 0.2) is 452 Å². The Hall–Kier alpha value is -17.9. The summed E-state index contributed by atoms with van der Waals surface area (Å²) in [5.41, 5.74) is 34.6. The van der Waals surface area contributed by atoms with Crippen molar-refractivity contribution >= 4 is 108 Å². The van der Waals surface area contributed by atoms with Crippen LogP contribution in [0.4, 0.5) is 11.4 Å². The van der Waals surface area contributed by atoms with E-state index in [4.69, 9.17) is 21.8 Å². The quantitative estimate of drug-likeness (QED) is 0.0569. The third-order valence-electron chi connectivity index (χ3n) is 26.3. The Morgan fingerprint density at radius 3 is 1.14 bits per heavy atom. The van der Waals surface area contributed by atoms with Gasteiger partial charge in [0.1, 0.15) is 0 Å². The summed E-state index contributed by atoms with van der Waals surface area (Å²) in [4.78, 5) is 49.3. The first-order valence-electron chi connectivity index (χ1n) is 46.3. The zero-order valence-corrected chi connectivity index (χ0v) is 75.8. The number of allylic oxidation sites excluding steroid dienone is 10. The largest absolute Gasteiger partial charge is 0.378 e. The highest BCUT2D eigenvalue weighted by atomic mass is 16.1. The molecule has 654 valence electrons. The van der Waals surface area contributed by atoms with Crippen LogP contribution >= 0.6 is 0 Å². The number of benzene rings is 14. The minimum atomic E-state index is -0.279. The van der Waals surface area contributed by atoms with Gasteiger partial charge in [-0.3, -0.25) is 9.59 Å². The number of aromatic nitrogens is 4. The molecular weight excluding hydrogens is 1670 g/mol. The van der Waals surface area contributed by atoms with Crippen molar-refractivity contribution in [1.82, 2.24) is 25.3 Å². The van der Waals surface area contributed by atoms with Crippen LogP contribution in [0.3, 0.4) is 0 Å². The fourth-order valence-electron chi connectivity index (χ4n) is 20.0. The fourth-order valence-corrected chi connectivity index (χ4v) is 20.0. The first kappa shape index (κ1) is 85.9. The van der Waals surface area contributed by atoms with Crippen molar-refractivity contribution in [3.63, 3.8) is 0 Å². The number of piperidine rings is 1. The number of anilines is 2. The number of Topliss-reactive ketones (excluding diaryl/α,β-unsaturated/α-hetero) is 2. The second-order valence-corrected chi connectivity index (χ2v) is 35.1. The maximum absolute atomic E-state index is 12.8. The average molecular weight is 1770 g/mol. The van der Waals surface area contributed by atoms with Gasteiger partial charge in [0, 0.05) is 86.6 Å². The number of ketones is 2. The topological polar surface area (TPSA) is 147 Å². The summed E-state index contributed by atoms with van der Waals surface area (Å²) in [6.07, 6.45) is 29.0. The molecule has 3 aliphatic carbocycles. The smallest absolute Gasteiger partial charge is 0.268 e.